The Balaban J connectivity index is 1.97. The van der Waals surface area contributed by atoms with Crippen molar-refractivity contribution in [3.05, 3.63) is 52.8 Å². The molecule has 0 bridgehead atoms. The van der Waals surface area contributed by atoms with Gasteiger partial charge in [-0.05, 0) is 30.7 Å². The van der Waals surface area contributed by atoms with E-state index in [4.69, 9.17) is 32.7 Å². The van der Waals surface area contributed by atoms with E-state index in [1.54, 1.807) is 19.2 Å². The number of nitrogens with zero attached hydrogens (tertiary/aromatic N) is 1. The van der Waals surface area contributed by atoms with E-state index in [0.29, 0.717) is 30.5 Å². The zero-order valence-electron chi connectivity index (χ0n) is 13.8. The minimum absolute atomic E-state index is 0.0987. The van der Waals surface area contributed by atoms with Crippen LogP contribution in [0.3, 0.4) is 0 Å². The van der Waals surface area contributed by atoms with Crippen LogP contribution in [0.4, 0.5) is 15.8 Å². The second-order valence-electron chi connectivity index (χ2n) is 5.56. The van der Waals surface area contributed by atoms with Crippen LogP contribution in [0.1, 0.15) is 12.0 Å². The normalized spacial score (nSPS) is 12.9. The number of hydrogen-bond acceptors (Lipinski definition) is 3. The molecule has 0 saturated carbocycles. The van der Waals surface area contributed by atoms with Crippen molar-refractivity contribution in [1.29, 1.82) is 0 Å². The van der Waals surface area contributed by atoms with Gasteiger partial charge in [0.05, 0.1) is 24.4 Å². The number of rotatable bonds is 6. The lowest BCUT2D eigenvalue weighted by Crippen LogP contribution is -2.20. The fourth-order valence-electron chi connectivity index (χ4n) is 2.72. The maximum absolute atomic E-state index is 13.5. The van der Waals surface area contributed by atoms with Crippen molar-refractivity contribution in [2.75, 3.05) is 31.0 Å². The van der Waals surface area contributed by atoms with E-state index in [-0.39, 0.29) is 5.02 Å². The van der Waals surface area contributed by atoms with E-state index < -0.39 is 5.82 Å². The van der Waals surface area contributed by atoms with Crippen LogP contribution < -0.4 is 14.4 Å². The lowest BCUT2D eigenvalue weighted by molar-refractivity contribution is 0.295. The summed E-state index contributed by atoms with van der Waals surface area (Å²) in [6.45, 7) is 1.18. The Kier molecular flexibility index (Phi) is 5.71. The van der Waals surface area contributed by atoms with E-state index in [0.717, 1.165) is 23.4 Å². The molecule has 0 amide bonds. The Hall–Kier alpha value is -1.91. The predicted octanol–water partition coefficient (Wildman–Crippen LogP) is 5.66. The van der Waals surface area contributed by atoms with Crippen molar-refractivity contribution in [3.63, 3.8) is 0 Å². The van der Waals surface area contributed by atoms with Crippen molar-refractivity contribution in [1.82, 2.24) is 0 Å². The van der Waals surface area contributed by atoms with Gasteiger partial charge in [-0.25, -0.2) is 4.39 Å². The molecule has 0 fully saturated rings. The lowest BCUT2D eigenvalue weighted by atomic mass is 10.1. The van der Waals surface area contributed by atoms with Gasteiger partial charge < -0.3 is 14.4 Å². The predicted molar refractivity (Wildman–Crippen MR) is 101 cm³/mol. The molecule has 2 aromatic carbocycles. The van der Waals surface area contributed by atoms with E-state index in [2.05, 4.69) is 0 Å². The highest BCUT2D eigenvalue weighted by molar-refractivity contribution is 6.31. The summed E-state index contributed by atoms with van der Waals surface area (Å²) in [5, 5.41) is 0.0987. The first kappa shape index (κ1) is 17.9. The molecule has 132 valence electrons. The molecule has 1 aliphatic rings. The van der Waals surface area contributed by atoms with Crippen LogP contribution in [0.5, 0.6) is 11.5 Å². The van der Waals surface area contributed by atoms with Crippen molar-refractivity contribution < 1.29 is 13.9 Å². The van der Waals surface area contributed by atoms with Gasteiger partial charge in [-0.1, -0.05) is 23.8 Å². The van der Waals surface area contributed by atoms with E-state index in [1.165, 1.54) is 6.07 Å². The average molecular weight is 382 g/mol. The van der Waals surface area contributed by atoms with Gasteiger partial charge in [-0.3, -0.25) is 0 Å². The van der Waals surface area contributed by atoms with Gasteiger partial charge in [0.1, 0.15) is 5.82 Å². The van der Waals surface area contributed by atoms with Gasteiger partial charge >= 0.3 is 0 Å². The van der Waals surface area contributed by atoms with Crippen LogP contribution in [0.15, 0.2) is 36.4 Å². The summed E-state index contributed by atoms with van der Waals surface area (Å²) in [4.78, 5) is 2.05. The van der Waals surface area contributed by atoms with Crippen molar-refractivity contribution >= 4 is 40.7 Å². The Morgan fingerprint density at radius 1 is 1.20 bits per heavy atom. The number of hydrogen-bond donors (Lipinski definition) is 0. The molecule has 3 rings (SSSR count). The molecule has 0 aromatic heterocycles. The number of benzene rings is 2. The third-order valence-corrected chi connectivity index (χ3v) is 4.50. The van der Waals surface area contributed by atoms with Crippen LogP contribution in [-0.4, -0.2) is 26.1 Å². The van der Waals surface area contributed by atoms with Crippen molar-refractivity contribution in [3.8, 4) is 11.5 Å². The number of alkyl halides is 1. The number of halogens is 3. The van der Waals surface area contributed by atoms with Gasteiger partial charge in [-0.2, -0.15) is 0 Å². The Bertz CT molecular complexity index is 795. The zero-order chi connectivity index (χ0) is 17.8. The number of fused-ring (bicyclic) bond motifs is 1. The molecule has 0 N–H and O–H groups in total. The summed E-state index contributed by atoms with van der Waals surface area (Å²) in [6.07, 6.45) is 4.83. The number of ether oxygens (including phenoxy) is 2. The smallest absolute Gasteiger partial charge is 0.162 e. The standard InChI is InChI=1S/C19H18Cl2FNO2/c1-24-18-12-17-13(10-19(18)25-9-3-7-20)4-2-8-23(17)14-5-6-16(22)15(21)11-14/h2,4-6,10-12H,3,7-9H2,1H3. The van der Waals surface area contributed by atoms with E-state index in [1.807, 2.05) is 29.2 Å². The SMILES string of the molecule is COc1cc2c(cc1OCCCCl)C=CCN2c1ccc(F)c(Cl)c1. The first-order chi connectivity index (χ1) is 12.1. The van der Waals surface area contributed by atoms with Crippen LogP contribution in [0.25, 0.3) is 6.08 Å². The molecule has 6 heteroatoms. The molecular formula is C19H18Cl2FNO2. The minimum atomic E-state index is -0.432. The van der Waals surface area contributed by atoms with Gasteiger partial charge in [0, 0.05) is 29.7 Å². The fraction of sp³-hybridized carbons (Fsp3) is 0.263. The largest absolute Gasteiger partial charge is 0.493 e. The zero-order valence-corrected chi connectivity index (χ0v) is 15.3. The summed E-state index contributed by atoms with van der Waals surface area (Å²) in [5.41, 5.74) is 2.76. The number of methoxy groups -OCH3 is 1. The molecule has 0 aliphatic carbocycles. The monoisotopic (exact) mass is 381 g/mol. The highest BCUT2D eigenvalue weighted by atomic mass is 35.5. The minimum Gasteiger partial charge on any atom is -0.493 e. The molecule has 25 heavy (non-hydrogen) atoms. The second kappa shape index (κ2) is 7.98. The average Bonchev–Trinajstić information content (AvgIpc) is 2.63. The van der Waals surface area contributed by atoms with Gasteiger partial charge in [0.25, 0.3) is 0 Å². The van der Waals surface area contributed by atoms with Crippen molar-refractivity contribution in [2.45, 2.75) is 6.42 Å². The first-order valence-electron chi connectivity index (χ1n) is 7.94. The lowest BCUT2D eigenvalue weighted by Gasteiger charge is -2.29. The molecule has 0 spiro atoms. The van der Waals surface area contributed by atoms with Crippen LogP contribution >= 0.6 is 23.2 Å². The van der Waals surface area contributed by atoms with Crippen LogP contribution in [-0.2, 0) is 0 Å². The summed E-state index contributed by atoms with van der Waals surface area (Å²) in [5.74, 6) is 1.43. The Morgan fingerprint density at radius 3 is 2.76 bits per heavy atom. The van der Waals surface area contributed by atoms with Crippen LogP contribution in [0, 0.1) is 5.82 Å². The maximum Gasteiger partial charge on any atom is 0.162 e. The summed E-state index contributed by atoms with van der Waals surface area (Å²) in [6, 6.07) is 8.57. The second-order valence-corrected chi connectivity index (χ2v) is 6.35. The fourth-order valence-corrected chi connectivity index (χ4v) is 3.01. The number of anilines is 2. The van der Waals surface area contributed by atoms with E-state index >= 15 is 0 Å². The topological polar surface area (TPSA) is 21.7 Å². The third-order valence-electron chi connectivity index (χ3n) is 3.94. The molecule has 1 aliphatic heterocycles. The molecule has 3 nitrogen and oxygen atoms in total. The maximum atomic E-state index is 13.5. The summed E-state index contributed by atoms with van der Waals surface area (Å²) in [7, 11) is 1.61. The van der Waals surface area contributed by atoms with Crippen molar-refractivity contribution in [2.24, 2.45) is 0 Å². The molecule has 0 saturated heterocycles. The van der Waals surface area contributed by atoms with Crippen LogP contribution in [0.2, 0.25) is 5.02 Å². The first-order valence-corrected chi connectivity index (χ1v) is 8.85. The van der Waals surface area contributed by atoms with Gasteiger partial charge in [-0.15, -0.1) is 11.6 Å². The Morgan fingerprint density at radius 2 is 2.04 bits per heavy atom. The van der Waals surface area contributed by atoms with Gasteiger partial charge in [0.15, 0.2) is 11.5 Å². The molecular weight excluding hydrogens is 364 g/mol. The summed E-state index contributed by atoms with van der Waals surface area (Å²) < 4.78 is 24.7. The van der Waals surface area contributed by atoms with Gasteiger partial charge in [0.2, 0.25) is 0 Å². The molecule has 2 aromatic rings. The molecule has 0 radical (unpaired) electrons. The summed E-state index contributed by atoms with van der Waals surface area (Å²) >= 11 is 11.6. The Labute approximate surface area is 156 Å². The molecule has 0 unspecified atom stereocenters. The molecule has 1 heterocycles. The quantitative estimate of drug-likeness (QED) is 0.475. The molecule has 0 atom stereocenters. The highest BCUT2D eigenvalue weighted by Crippen LogP contribution is 2.41. The highest BCUT2D eigenvalue weighted by Gasteiger charge is 2.19. The van der Waals surface area contributed by atoms with E-state index in [9.17, 15) is 4.39 Å². The third kappa shape index (κ3) is 3.86.